The van der Waals surface area contributed by atoms with Crippen molar-refractivity contribution in [2.45, 2.75) is 45.6 Å². The summed E-state index contributed by atoms with van der Waals surface area (Å²) in [6.45, 7) is 8.61. The number of nitrogens with one attached hydrogen (secondary N) is 1. The Morgan fingerprint density at radius 2 is 1.92 bits per heavy atom. The highest BCUT2D eigenvalue weighted by Crippen LogP contribution is 2.39. The summed E-state index contributed by atoms with van der Waals surface area (Å²) in [7, 11) is 0. The van der Waals surface area contributed by atoms with Gasteiger partial charge in [-0.1, -0.05) is 6.07 Å². The molecule has 4 heteroatoms. The average Bonchev–Trinajstić information content (AvgIpc) is 2.99. The summed E-state index contributed by atoms with van der Waals surface area (Å²) >= 11 is 0. The van der Waals surface area contributed by atoms with Crippen LogP contribution in [-0.4, -0.2) is 43.6 Å². The van der Waals surface area contributed by atoms with E-state index in [-0.39, 0.29) is 5.97 Å². The van der Waals surface area contributed by atoms with Crippen LogP contribution in [0.15, 0.2) is 12.1 Å². The predicted molar refractivity (Wildman–Crippen MR) is 94.2 cm³/mol. The Kier molecular flexibility index (Phi) is 4.35. The van der Waals surface area contributed by atoms with E-state index in [0.717, 1.165) is 24.1 Å². The minimum atomic E-state index is -0.164. The van der Waals surface area contributed by atoms with Crippen LogP contribution in [0.2, 0.25) is 0 Å². The van der Waals surface area contributed by atoms with Crippen molar-refractivity contribution in [2.75, 3.05) is 32.7 Å². The first-order chi connectivity index (χ1) is 11.7. The number of benzene rings is 1. The number of ether oxygens (including phenoxy) is 1. The summed E-state index contributed by atoms with van der Waals surface area (Å²) in [6, 6.07) is 4.08. The lowest BCUT2D eigenvalue weighted by Gasteiger charge is -2.44. The first-order valence-corrected chi connectivity index (χ1v) is 9.38. The second kappa shape index (κ2) is 6.49. The second-order valence-corrected chi connectivity index (χ2v) is 7.79. The van der Waals surface area contributed by atoms with E-state index in [4.69, 9.17) is 4.74 Å². The molecule has 0 amide bonds. The maximum absolute atomic E-state index is 11.6. The van der Waals surface area contributed by atoms with E-state index in [2.05, 4.69) is 23.2 Å². The van der Waals surface area contributed by atoms with Gasteiger partial charge in [-0.2, -0.15) is 0 Å². The SMILES string of the molecule is Cc1c(CCN2CCC3(CCNCC3)CC2)ccc2c1COC2=O. The molecule has 1 aromatic rings. The molecule has 2 saturated heterocycles. The third kappa shape index (κ3) is 2.98. The molecule has 0 saturated carbocycles. The highest BCUT2D eigenvalue weighted by Gasteiger charge is 2.35. The van der Waals surface area contributed by atoms with Gasteiger partial charge in [-0.3, -0.25) is 0 Å². The summed E-state index contributed by atoms with van der Waals surface area (Å²) in [4.78, 5) is 14.3. The van der Waals surface area contributed by atoms with Crippen LogP contribution in [0.1, 0.15) is 52.7 Å². The van der Waals surface area contributed by atoms with Crippen LogP contribution in [0.5, 0.6) is 0 Å². The van der Waals surface area contributed by atoms with Crippen molar-refractivity contribution in [3.05, 3.63) is 34.4 Å². The zero-order valence-corrected chi connectivity index (χ0v) is 14.7. The summed E-state index contributed by atoms with van der Waals surface area (Å²) < 4.78 is 5.16. The summed E-state index contributed by atoms with van der Waals surface area (Å²) in [5, 5.41) is 3.50. The molecular weight excluding hydrogens is 300 g/mol. The Balaban J connectivity index is 1.34. The lowest BCUT2D eigenvalue weighted by molar-refractivity contribution is 0.0535. The third-order valence-corrected chi connectivity index (χ3v) is 6.56. The zero-order valence-electron chi connectivity index (χ0n) is 14.7. The largest absolute Gasteiger partial charge is 0.457 e. The molecule has 1 N–H and O–H groups in total. The molecule has 0 aliphatic carbocycles. The van der Waals surface area contributed by atoms with Crippen LogP contribution < -0.4 is 5.32 Å². The molecule has 1 aromatic carbocycles. The number of rotatable bonds is 3. The van der Waals surface area contributed by atoms with Crippen molar-refractivity contribution >= 4 is 5.97 Å². The van der Waals surface area contributed by atoms with Crippen LogP contribution in [0, 0.1) is 12.3 Å². The number of carbonyl (C=O) groups excluding carboxylic acids is 1. The zero-order chi connectivity index (χ0) is 16.6. The van der Waals surface area contributed by atoms with Crippen molar-refractivity contribution in [1.29, 1.82) is 0 Å². The van der Waals surface area contributed by atoms with E-state index in [1.165, 1.54) is 63.0 Å². The molecular formula is C20H28N2O2. The molecule has 3 aliphatic heterocycles. The van der Waals surface area contributed by atoms with Crippen molar-refractivity contribution in [3.8, 4) is 0 Å². The van der Waals surface area contributed by atoms with Crippen LogP contribution >= 0.6 is 0 Å². The van der Waals surface area contributed by atoms with Gasteiger partial charge in [-0.05, 0) is 87.8 Å². The molecule has 0 aromatic heterocycles. The fourth-order valence-electron chi connectivity index (χ4n) is 4.66. The van der Waals surface area contributed by atoms with Gasteiger partial charge in [0.2, 0.25) is 0 Å². The van der Waals surface area contributed by atoms with Crippen molar-refractivity contribution in [3.63, 3.8) is 0 Å². The normalized spacial score (nSPS) is 23.3. The number of nitrogens with zero attached hydrogens (tertiary/aromatic N) is 1. The highest BCUT2D eigenvalue weighted by atomic mass is 16.5. The van der Waals surface area contributed by atoms with Gasteiger partial charge in [-0.25, -0.2) is 4.79 Å². The fraction of sp³-hybridized carbons (Fsp3) is 0.650. The van der Waals surface area contributed by atoms with E-state index in [9.17, 15) is 4.79 Å². The molecule has 0 radical (unpaired) electrons. The quantitative estimate of drug-likeness (QED) is 0.866. The molecule has 0 bridgehead atoms. The van der Waals surface area contributed by atoms with Gasteiger partial charge in [0.1, 0.15) is 6.61 Å². The fourth-order valence-corrected chi connectivity index (χ4v) is 4.66. The minimum Gasteiger partial charge on any atom is -0.457 e. The summed E-state index contributed by atoms with van der Waals surface area (Å²) in [6.07, 6.45) is 6.51. The number of fused-ring (bicyclic) bond motifs is 1. The molecule has 1 spiro atoms. The molecule has 3 heterocycles. The van der Waals surface area contributed by atoms with Crippen LogP contribution in [-0.2, 0) is 17.8 Å². The number of carbonyl (C=O) groups is 1. The van der Waals surface area contributed by atoms with Gasteiger partial charge >= 0.3 is 5.97 Å². The number of esters is 1. The standard InChI is InChI=1S/C20H28N2O2/c1-15-16(2-3-17-18(15)14-24-19(17)23)4-11-22-12-7-20(8-13-22)5-9-21-10-6-20/h2-3,21H,4-14H2,1H3. The second-order valence-electron chi connectivity index (χ2n) is 7.79. The van der Waals surface area contributed by atoms with E-state index in [1.807, 2.05) is 6.07 Å². The van der Waals surface area contributed by atoms with Crippen molar-refractivity contribution < 1.29 is 9.53 Å². The Bertz CT molecular complexity index is 625. The third-order valence-electron chi connectivity index (χ3n) is 6.56. The Hall–Kier alpha value is -1.39. The molecule has 3 aliphatic rings. The van der Waals surface area contributed by atoms with Gasteiger partial charge in [0.15, 0.2) is 0 Å². The van der Waals surface area contributed by atoms with Gasteiger partial charge in [-0.15, -0.1) is 0 Å². The van der Waals surface area contributed by atoms with Crippen molar-refractivity contribution in [1.82, 2.24) is 10.2 Å². The molecule has 4 rings (SSSR count). The van der Waals surface area contributed by atoms with Gasteiger partial charge < -0.3 is 15.0 Å². The van der Waals surface area contributed by atoms with Gasteiger partial charge in [0.05, 0.1) is 5.56 Å². The van der Waals surface area contributed by atoms with Crippen LogP contribution in [0.4, 0.5) is 0 Å². The Labute approximate surface area is 144 Å². The number of hydrogen-bond acceptors (Lipinski definition) is 4. The topological polar surface area (TPSA) is 41.6 Å². The molecule has 0 unspecified atom stereocenters. The summed E-state index contributed by atoms with van der Waals surface area (Å²) in [5.74, 6) is -0.164. The average molecular weight is 328 g/mol. The van der Waals surface area contributed by atoms with E-state index < -0.39 is 0 Å². The van der Waals surface area contributed by atoms with E-state index in [1.54, 1.807) is 0 Å². The Morgan fingerprint density at radius 3 is 2.67 bits per heavy atom. The van der Waals surface area contributed by atoms with E-state index in [0.29, 0.717) is 12.0 Å². The maximum atomic E-state index is 11.6. The maximum Gasteiger partial charge on any atom is 0.338 e. The van der Waals surface area contributed by atoms with Crippen LogP contribution in [0.3, 0.4) is 0 Å². The number of cyclic esters (lactones) is 1. The van der Waals surface area contributed by atoms with Crippen LogP contribution in [0.25, 0.3) is 0 Å². The Morgan fingerprint density at radius 1 is 1.17 bits per heavy atom. The van der Waals surface area contributed by atoms with Gasteiger partial charge in [0, 0.05) is 12.1 Å². The first kappa shape index (κ1) is 16.1. The molecule has 130 valence electrons. The smallest absolute Gasteiger partial charge is 0.338 e. The summed E-state index contributed by atoms with van der Waals surface area (Å²) in [5.41, 5.74) is 5.12. The number of hydrogen-bond donors (Lipinski definition) is 1. The number of likely N-dealkylation sites (tertiary alicyclic amines) is 1. The molecule has 4 nitrogen and oxygen atoms in total. The monoisotopic (exact) mass is 328 g/mol. The molecule has 2 fully saturated rings. The number of piperidine rings is 2. The predicted octanol–water partition coefficient (Wildman–Crippen LogP) is 2.67. The molecule has 24 heavy (non-hydrogen) atoms. The van der Waals surface area contributed by atoms with Gasteiger partial charge in [0.25, 0.3) is 0 Å². The molecule has 0 atom stereocenters. The lowest BCUT2D eigenvalue weighted by Crippen LogP contribution is -2.45. The lowest BCUT2D eigenvalue weighted by atomic mass is 9.71. The first-order valence-electron chi connectivity index (χ1n) is 9.38. The highest BCUT2D eigenvalue weighted by molar-refractivity contribution is 5.93. The van der Waals surface area contributed by atoms with Crippen molar-refractivity contribution in [2.24, 2.45) is 5.41 Å². The minimum absolute atomic E-state index is 0.164. The van der Waals surface area contributed by atoms with E-state index >= 15 is 0 Å².